The van der Waals surface area contributed by atoms with Crippen LogP contribution in [0.15, 0.2) is 59.5 Å². The summed E-state index contributed by atoms with van der Waals surface area (Å²) in [6, 6.07) is 14.3. The number of carbonyl (C=O) groups excluding carboxylic acids is 1. The van der Waals surface area contributed by atoms with Crippen LogP contribution in [-0.2, 0) is 14.8 Å². The Kier molecular flexibility index (Phi) is 6.89. The van der Waals surface area contributed by atoms with Crippen LogP contribution in [0.5, 0.6) is 5.75 Å². The van der Waals surface area contributed by atoms with E-state index in [1.807, 2.05) is 30.3 Å². The lowest BCUT2D eigenvalue weighted by Gasteiger charge is -2.27. The fourth-order valence-corrected chi connectivity index (χ4v) is 4.71. The number of hydrogen-bond donors (Lipinski definition) is 3. The van der Waals surface area contributed by atoms with Gasteiger partial charge < -0.3 is 15.4 Å². The number of benzene rings is 2. The van der Waals surface area contributed by atoms with Gasteiger partial charge in [0.2, 0.25) is 15.9 Å². The minimum atomic E-state index is -3.76. The molecule has 29 heavy (non-hydrogen) atoms. The molecule has 3 rings (SSSR count). The Morgan fingerprint density at radius 1 is 1.14 bits per heavy atom. The summed E-state index contributed by atoms with van der Waals surface area (Å²) in [6.07, 6.45) is 1.73. The van der Waals surface area contributed by atoms with Gasteiger partial charge in [0, 0.05) is 6.04 Å². The minimum Gasteiger partial charge on any atom is -0.497 e. The number of amides is 1. The molecule has 8 heteroatoms. The third kappa shape index (κ3) is 5.35. The summed E-state index contributed by atoms with van der Waals surface area (Å²) in [4.78, 5) is 12.8. The molecule has 0 aliphatic carbocycles. The zero-order chi connectivity index (χ0) is 20.9. The van der Waals surface area contributed by atoms with Crippen LogP contribution in [0.1, 0.15) is 31.4 Å². The highest BCUT2D eigenvalue weighted by molar-refractivity contribution is 7.89. The largest absolute Gasteiger partial charge is 0.497 e. The highest BCUT2D eigenvalue weighted by Gasteiger charge is 2.29. The molecule has 2 aromatic rings. The molecule has 1 aliphatic rings. The number of nitrogens with one attached hydrogen (secondary N) is 3. The minimum absolute atomic E-state index is 0.119. The van der Waals surface area contributed by atoms with Crippen LogP contribution in [-0.4, -0.2) is 40.1 Å². The third-order valence-electron chi connectivity index (χ3n) is 5.04. The van der Waals surface area contributed by atoms with Crippen molar-refractivity contribution >= 4 is 15.9 Å². The second-order valence-corrected chi connectivity index (χ2v) is 8.85. The van der Waals surface area contributed by atoms with Gasteiger partial charge in [-0.05, 0) is 56.1 Å². The van der Waals surface area contributed by atoms with Gasteiger partial charge in [-0.1, -0.05) is 30.3 Å². The molecule has 0 aromatic heterocycles. The van der Waals surface area contributed by atoms with Crippen LogP contribution >= 0.6 is 0 Å². The first-order chi connectivity index (χ1) is 13.9. The summed E-state index contributed by atoms with van der Waals surface area (Å²) in [5.41, 5.74) is 0.837. The van der Waals surface area contributed by atoms with Crippen LogP contribution in [0.3, 0.4) is 0 Å². The summed E-state index contributed by atoms with van der Waals surface area (Å²) in [5.74, 6) is 0.460. The van der Waals surface area contributed by atoms with Crippen molar-refractivity contribution < 1.29 is 17.9 Å². The zero-order valence-electron chi connectivity index (χ0n) is 16.6. The molecule has 1 heterocycles. The van der Waals surface area contributed by atoms with E-state index < -0.39 is 22.1 Å². The topological polar surface area (TPSA) is 96.5 Å². The monoisotopic (exact) mass is 417 g/mol. The first-order valence-electron chi connectivity index (χ1n) is 9.66. The van der Waals surface area contributed by atoms with Crippen LogP contribution in [0, 0.1) is 0 Å². The second kappa shape index (κ2) is 9.39. The molecule has 1 amide bonds. The van der Waals surface area contributed by atoms with E-state index in [2.05, 4.69) is 15.4 Å². The highest BCUT2D eigenvalue weighted by Crippen LogP contribution is 2.21. The van der Waals surface area contributed by atoms with E-state index in [1.165, 1.54) is 19.2 Å². The van der Waals surface area contributed by atoms with Crippen LogP contribution < -0.4 is 20.1 Å². The van der Waals surface area contributed by atoms with Gasteiger partial charge in [0.1, 0.15) is 5.75 Å². The normalized spacial score (nSPS) is 18.8. The molecule has 3 N–H and O–H groups in total. The van der Waals surface area contributed by atoms with Crippen molar-refractivity contribution in [3.63, 3.8) is 0 Å². The van der Waals surface area contributed by atoms with Crippen molar-refractivity contribution in [2.24, 2.45) is 0 Å². The summed E-state index contributed by atoms with van der Waals surface area (Å²) in [7, 11) is -2.24. The Morgan fingerprint density at radius 2 is 1.83 bits per heavy atom. The number of carbonyl (C=O) groups is 1. The first kappa shape index (κ1) is 21.3. The Labute approximate surface area is 171 Å². The van der Waals surface area contributed by atoms with Crippen LogP contribution in [0.2, 0.25) is 0 Å². The number of sulfonamides is 1. The average molecular weight is 418 g/mol. The van der Waals surface area contributed by atoms with Crippen molar-refractivity contribution in [1.82, 2.24) is 15.4 Å². The lowest BCUT2D eigenvalue weighted by Crippen LogP contribution is -2.48. The van der Waals surface area contributed by atoms with Gasteiger partial charge >= 0.3 is 0 Å². The second-order valence-electron chi connectivity index (χ2n) is 7.13. The lowest BCUT2D eigenvalue weighted by molar-refractivity contribution is -0.123. The predicted molar refractivity (Wildman–Crippen MR) is 111 cm³/mol. The standard InChI is InChI=1S/C21H27N3O4S/c1-15(24-29(26,27)18-12-10-17(28-2)11-13-18)20(16-7-4-3-5-8-16)23-21(25)19-9-6-14-22-19/h3-5,7-8,10-13,15,19-20,22,24H,6,9,14H2,1-2H3,(H,23,25)/t15-,19+,20-/m1/s1. The van der Waals surface area contributed by atoms with Gasteiger partial charge in [-0.2, -0.15) is 0 Å². The van der Waals surface area contributed by atoms with Gasteiger partial charge in [-0.15, -0.1) is 0 Å². The SMILES string of the molecule is COc1ccc(S(=O)(=O)N[C@H](C)[C@@H](NC(=O)[C@@H]2CCCN2)c2ccccc2)cc1. The van der Waals surface area contributed by atoms with Crippen molar-refractivity contribution in [2.75, 3.05) is 13.7 Å². The van der Waals surface area contributed by atoms with E-state index in [0.717, 1.165) is 24.9 Å². The van der Waals surface area contributed by atoms with Crippen molar-refractivity contribution in [3.8, 4) is 5.75 Å². The average Bonchev–Trinajstić information content (AvgIpc) is 3.27. The summed E-state index contributed by atoms with van der Waals surface area (Å²) >= 11 is 0. The summed E-state index contributed by atoms with van der Waals surface area (Å²) in [6.45, 7) is 2.56. The van der Waals surface area contributed by atoms with E-state index in [-0.39, 0.29) is 16.8 Å². The maximum Gasteiger partial charge on any atom is 0.240 e. The summed E-state index contributed by atoms with van der Waals surface area (Å²) < 4.78 is 33.5. The molecule has 0 radical (unpaired) electrons. The van der Waals surface area contributed by atoms with Crippen LogP contribution in [0.4, 0.5) is 0 Å². The molecular weight excluding hydrogens is 390 g/mol. The number of methoxy groups -OCH3 is 1. The van der Waals surface area contributed by atoms with E-state index in [4.69, 9.17) is 4.74 Å². The molecule has 1 aliphatic heterocycles. The molecule has 0 bridgehead atoms. The molecule has 0 unspecified atom stereocenters. The molecular formula is C21H27N3O4S. The smallest absolute Gasteiger partial charge is 0.240 e. The van der Waals surface area contributed by atoms with E-state index >= 15 is 0 Å². The maximum absolute atomic E-state index is 12.8. The molecule has 7 nitrogen and oxygen atoms in total. The number of ether oxygens (including phenoxy) is 1. The summed E-state index contributed by atoms with van der Waals surface area (Å²) in [5, 5.41) is 6.19. The lowest BCUT2D eigenvalue weighted by atomic mass is 10.0. The zero-order valence-corrected chi connectivity index (χ0v) is 17.4. The van der Waals surface area contributed by atoms with Gasteiger partial charge in [0.15, 0.2) is 0 Å². The molecule has 3 atom stereocenters. The van der Waals surface area contributed by atoms with Gasteiger partial charge in [-0.3, -0.25) is 4.79 Å². The number of hydrogen-bond acceptors (Lipinski definition) is 5. The van der Waals surface area contributed by atoms with E-state index in [0.29, 0.717) is 5.75 Å². The molecule has 1 saturated heterocycles. The first-order valence-corrected chi connectivity index (χ1v) is 11.1. The van der Waals surface area contributed by atoms with E-state index in [1.54, 1.807) is 19.1 Å². The Balaban J connectivity index is 1.79. The van der Waals surface area contributed by atoms with Crippen molar-refractivity contribution in [1.29, 1.82) is 0 Å². The predicted octanol–water partition coefficient (Wildman–Crippen LogP) is 1.97. The van der Waals surface area contributed by atoms with E-state index in [9.17, 15) is 13.2 Å². The Hall–Kier alpha value is -2.42. The van der Waals surface area contributed by atoms with Crippen molar-refractivity contribution in [3.05, 3.63) is 60.2 Å². The number of rotatable bonds is 8. The van der Waals surface area contributed by atoms with Gasteiger partial charge in [0.05, 0.1) is 24.1 Å². The van der Waals surface area contributed by atoms with Crippen molar-refractivity contribution in [2.45, 2.75) is 42.8 Å². The molecule has 0 spiro atoms. The fraction of sp³-hybridized carbons (Fsp3) is 0.381. The van der Waals surface area contributed by atoms with Crippen LogP contribution in [0.25, 0.3) is 0 Å². The maximum atomic E-state index is 12.8. The Morgan fingerprint density at radius 3 is 2.41 bits per heavy atom. The quantitative estimate of drug-likeness (QED) is 0.610. The van der Waals surface area contributed by atoms with Gasteiger partial charge in [-0.25, -0.2) is 13.1 Å². The molecule has 0 saturated carbocycles. The van der Waals surface area contributed by atoms with Gasteiger partial charge in [0.25, 0.3) is 0 Å². The molecule has 1 fully saturated rings. The highest BCUT2D eigenvalue weighted by atomic mass is 32.2. The molecule has 2 aromatic carbocycles. The fourth-order valence-electron chi connectivity index (χ4n) is 3.46. The Bertz CT molecular complexity index is 911. The third-order valence-corrected chi connectivity index (χ3v) is 6.62. The molecule has 156 valence electrons.